The molecule has 2 aromatic rings. The van der Waals surface area contributed by atoms with Crippen LogP contribution in [0.2, 0.25) is 0 Å². The zero-order valence-electron chi connectivity index (χ0n) is 14.8. The van der Waals surface area contributed by atoms with Crippen molar-refractivity contribution in [2.24, 2.45) is 0 Å². The van der Waals surface area contributed by atoms with Gasteiger partial charge in [-0.1, -0.05) is 24.3 Å². The third-order valence-corrected chi connectivity index (χ3v) is 4.63. The number of aryl methyl sites for hydroxylation is 1. The second-order valence-corrected chi connectivity index (χ2v) is 6.47. The number of aromatic amines is 1. The van der Waals surface area contributed by atoms with E-state index in [1.54, 1.807) is 23.8 Å². The average Bonchev–Trinajstić information content (AvgIpc) is 2.99. The molecule has 1 aromatic heterocycles. The second-order valence-electron chi connectivity index (χ2n) is 6.47. The Morgan fingerprint density at radius 3 is 2.80 bits per heavy atom. The molecule has 25 heavy (non-hydrogen) atoms. The standard InChI is InChI=1S/C18H23N5O2/c1-12-19-17(21-20-12)11-22(3)18(25)10-16-15-7-5-4-6-14(15)8-9-23(16)13(2)24/h4-7,16H,8-11H2,1-3H3,(H,19,20,21)/t16-/m0/s1. The largest absolute Gasteiger partial charge is 0.338 e. The van der Waals surface area contributed by atoms with Crippen LogP contribution < -0.4 is 0 Å². The summed E-state index contributed by atoms with van der Waals surface area (Å²) in [6.45, 7) is 4.37. The number of hydrogen-bond acceptors (Lipinski definition) is 4. The second kappa shape index (κ2) is 7.04. The smallest absolute Gasteiger partial charge is 0.225 e. The molecule has 0 saturated heterocycles. The highest BCUT2D eigenvalue weighted by atomic mass is 16.2. The minimum atomic E-state index is -0.216. The molecule has 1 aliphatic heterocycles. The molecule has 1 atom stereocenters. The van der Waals surface area contributed by atoms with Crippen molar-refractivity contribution in [1.82, 2.24) is 25.0 Å². The van der Waals surface area contributed by atoms with Crippen molar-refractivity contribution < 1.29 is 9.59 Å². The topological polar surface area (TPSA) is 82.2 Å². The van der Waals surface area contributed by atoms with Crippen LogP contribution in [0.4, 0.5) is 0 Å². The van der Waals surface area contributed by atoms with Crippen molar-refractivity contribution in [2.45, 2.75) is 39.3 Å². The van der Waals surface area contributed by atoms with Gasteiger partial charge in [0.25, 0.3) is 0 Å². The summed E-state index contributed by atoms with van der Waals surface area (Å²) < 4.78 is 0. The number of nitrogens with one attached hydrogen (secondary N) is 1. The number of aromatic nitrogens is 3. The number of carbonyl (C=O) groups excluding carboxylic acids is 2. The van der Waals surface area contributed by atoms with E-state index in [2.05, 4.69) is 21.2 Å². The van der Waals surface area contributed by atoms with Crippen LogP contribution in [0.3, 0.4) is 0 Å². The van der Waals surface area contributed by atoms with E-state index in [0.717, 1.165) is 17.8 Å². The molecule has 0 radical (unpaired) electrons. The minimum absolute atomic E-state index is 0.000418. The van der Waals surface area contributed by atoms with Crippen LogP contribution >= 0.6 is 0 Å². The molecular weight excluding hydrogens is 318 g/mol. The monoisotopic (exact) mass is 341 g/mol. The normalized spacial score (nSPS) is 16.4. The van der Waals surface area contributed by atoms with Gasteiger partial charge in [-0.2, -0.15) is 5.10 Å². The van der Waals surface area contributed by atoms with E-state index in [-0.39, 0.29) is 24.3 Å². The average molecular weight is 341 g/mol. The maximum absolute atomic E-state index is 12.7. The van der Waals surface area contributed by atoms with Gasteiger partial charge < -0.3 is 9.80 Å². The summed E-state index contributed by atoms with van der Waals surface area (Å²) in [6.07, 6.45) is 1.09. The number of amides is 2. The number of nitrogens with zero attached hydrogens (tertiary/aromatic N) is 4. The van der Waals surface area contributed by atoms with Crippen LogP contribution in [-0.4, -0.2) is 50.4 Å². The molecule has 132 valence electrons. The van der Waals surface area contributed by atoms with Crippen molar-refractivity contribution in [2.75, 3.05) is 13.6 Å². The Bertz CT molecular complexity index is 785. The van der Waals surface area contributed by atoms with Gasteiger partial charge in [0.2, 0.25) is 11.8 Å². The lowest BCUT2D eigenvalue weighted by Gasteiger charge is -2.37. The molecule has 0 spiro atoms. The van der Waals surface area contributed by atoms with E-state index in [9.17, 15) is 9.59 Å². The first-order valence-corrected chi connectivity index (χ1v) is 8.42. The SMILES string of the molecule is CC(=O)N1CCc2ccccc2[C@@H]1CC(=O)N(C)Cc1n[nH]c(C)n1. The van der Waals surface area contributed by atoms with Gasteiger partial charge in [-0.15, -0.1) is 0 Å². The lowest BCUT2D eigenvalue weighted by molar-refractivity contribution is -0.136. The lowest BCUT2D eigenvalue weighted by atomic mass is 9.90. The van der Waals surface area contributed by atoms with E-state index in [0.29, 0.717) is 18.9 Å². The molecule has 3 rings (SSSR count). The summed E-state index contributed by atoms with van der Waals surface area (Å²) in [5.41, 5.74) is 2.28. The van der Waals surface area contributed by atoms with Gasteiger partial charge in [0.15, 0.2) is 5.82 Å². The molecule has 7 nitrogen and oxygen atoms in total. The minimum Gasteiger partial charge on any atom is -0.338 e. The molecule has 0 bridgehead atoms. The highest BCUT2D eigenvalue weighted by molar-refractivity contribution is 5.79. The highest BCUT2D eigenvalue weighted by Gasteiger charge is 2.31. The van der Waals surface area contributed by atoms with Crippen molar-refractivity contribution in [1.29, 1.82) is 0 Å². The number of carbonyl (C=O) groups is 2. The summed E-state index contributed by atoms with van der Waals surface area (Å²) >= 11 is 0. The number of rotatable bonds is 4. The first-order valence-electron chi connectivity index (χ1n) is 8.42. The van der Waals surface area contributed by atoms with Gasteiger partial charge in [0.1, 0.15) is 5.82 Å². The van der Waals surface area contributed by atoms with Crippen molar-refractivity contribution in [3.05, 3.63) is 47.0 Å². The van der Waals surface area contributed by atoms with E-state index in [1.165, 1.54) is 5.56 Å². The Morgan fingerprint density at radius 1 is 1.36 bits per heavy atom. The third-order valence-electron chi connectivity index (χ3n) is 4.63. The third kappa shape index (κ3) is 3.70. The van der Waals surface area contributed by atoms with Crippen LogP contribution in [0, 0.1) is 6.92 Å². The van der Waals surface area contributed by atoms with Gasteiger partial charge in [0.05, 0.1) is 19.0 Å². The Labute approximate surface area is 147 Å². The lowest BCUT2D eigenvalue weighted by Crippen LogP contribution is -2.41. The predicted molar refractivity (Wildman–Crippen MR) is 92.5 cm³/mol. The number of fused-ring (bicyclic) bond motifs is 1. The summed E-state index contributed by atoms with van der Waals surface area (Å²) in [7, 11) is 1.74. The van der Waals surface area contributed by atoms with E-state index in [1.807, 2.05) is 25.1 Å². The van der Waals surface area contributed by atoms with Crippen molar-refractivity contribution in [3.8, 4) is 0 Å². The van der Waals surface area contributed by atoms with Crippen LogP contribution in [0.1, 0.15) is 42.2 Å². The van der Waals surface area contributed by atoms with Gasteiger partial charge >= 0.3 is 0 Å². The molecule has 2 heterocycles. The van der Waals surface area contributed by atoms with Gasteiger partial charge in [-0.05, 0) is 24.5 Å². The Kier molecular flexibility index (Phi) is 4.83. The maximum Gasteiger partial charge on any atom is 0.225 e. The van der Waals surface area contributed by atoms with Crippen molar-refractivity contribution in [3.63, 3.8) is 0 Å². The first kappa shape index (κ1) is 17.1. The van der Waals surface area contributed by atoms with Crippen LogP contribution in [0.15, 0.2) is 24.3 Å². The Hall–Kier alpha value is -2.70. The van der Waals surface area contributed by atoms with Crippen LogP contribution in [0.25, 0.3) is 0 Å². The molecular formula is C18H23N5O2. The zero-order valence-corrected chi connectivity index (χ0v) is 14.8. The predicted octanol–water partition coefficient (Wildman–Crippen LogP) is 1.61. The highest BCUT2D eigenvalue weighted by Crippen LogP contribution is 2.32. The first-order chi connectivity index (χ1) is 12.0. The summed E-state index contributed by atoms with van der Waals surface area (Å²) in [6, 6.07) is 7.83. The molecule has 0 aliphatic carbocycles. The Morgan fingerprint density at radius 2 is 2.12 bits per heavy atom. The Balaban J connectivity index is 1.76. The van der Waals surface area contributed by atoms with Gasteiger partial charge in [0, 0.05) is 20.5 Å². The molecule has 0 unspecified atom stereocenters. The van der Waals surface area contributed by atoms with E-state index in [4.69, 9.17) is 0 Å². The molecule has 7 heteroatoms. The number of hydrogen-bond donors (Lipinski definition) is 1. The molecule has 1 aliphatic rings. The summed E-state index contributed by atoms with van der Waals surface area (Å²) in [5, 5.41) is 6.85. The van der Waals surface area contributed by atoms with Crippen LogP contribution in [0.5, 0.6) is 0 Å². The number of H-pyrrole nitrogens is 1. The van der Waals surface area contributed by atoms with E-state index >= 15 is 0 Å². The fourth-order valence-corrected chi connectivity index (χ4v) is 3.33. The molecule has 0 fully saturated rings. The number of benzene rings is 1. The molecule has 1 aromatic carbocycles. The summed E-state index contributed by atoms with van der Waals surface area (Å²) in [4.78, 5) is 32.4. The van der Waals surface area contributed by atoms with Gasteiger partial charge in [-0.3, -0.25) is 14.7 Å². The van der Waals surface area contributed by atoms with Crippen LogP contribution in [-0.2, 0) is 22.6 Å². The fraction of sp³-hybridized carbons (Fsp3) is 0.444. The quantitative estimate of drug-likeness (QED) is 0.916. The zero-order chi connectivity index (χ0) is 18.0. The molecule has 2 amide bonds. The van der Waals surface area contributed by atoms with E-state index < -0.39 is 0 Å². The molecule has 1 N–H and O–H groups in total. The molecule has 0 saturated carbocycles. The maximum atomic E-state index is 12.7. The van der Waals surface area contributed by atoms with Gasteiger partial charge in [-0.25, -0.2) is 4.98 Å². The van der Waals surface area contributed by atoms with Crippen molar-refractivity contribution >= 4 is 11.8 Å². The fourth-order valence-electron chi connectivity index (χ4n) is 3.33. The summed E-state index contributed by atoms with van der Waals surface area (Å²) in [5.74, 6) is 1.27.